The Bertz CT molecular complexity index is 778. The summed E-state index contributed by atoms with van der Waals surface area (Å²) in [5, 5.41) is 0. The van der Waals surface area contributed by atoms with Crippen LogP contribution < -0.4 is 4.90 Å². The number of nitrogens with zero attached hydrogens (tertiary/aromatic N) is 1. The number of carbonyl (C=O) groups excluding carboxylic acids is 1. The van der Waals surface area contributed by atoms with Crippen molar-refractivity contribution in [2.75, 3.05) is 31.4 Å². The topological polar surface area (TPSA) is 63.7 Å². The fourth-order valence-electron chi connectivity index (χ4n) is 2.75. The number of hydrogen-bond acceptors (Lipinski definition) is 5. The molecule has 1 aliphatic rings. The van der Waals surface area contributed by atoms with Gasteiger partial charge in [0.1, 0.15) is 0 Å². The van der Waals surface area contributed by atoms with E-state index in [-0.39, 0.29) is 16.7 Å². The van der Waals surface area contributed by atoms with E-state index in [0.29, 0.717) is 25.2 Å². The lowest BCUT2D eigenvalue weighted by molar-refractivity contribution is 0.101. The second kappa shape index (κ2) is 7.07. The molecule has 0 amide bonds. The monoisotopic (exact) mass is 351 g/mol. The van der Waals surface area contributed by atoms with Crippen LogP contribution in [0.1, 0.15) is 43.1 Å². The summed E-state index contributed by atoms with van der Waals surface area (Å²) in [6, 6.07) is 3.36. The molecule has 0 saturated heterocycles. The van der Waals surface area contributed by atoms with Crippen molar-refractivity contribution in [1.29, 1.82) is 0 Å². The van der Waals surface area contributed by atoms with Crippen LogP contribution >= 0.6 is 0 Å². The van der Waals surface area contributed by atoms with Crippen molar-refractivity contribution in [2.24, 2.45) is 0 Å². The SMILES string of the molecule is CC(=O)c1cc(S(C)(=O)=O)cc(C2=CCOCC2)c1N(C)C(C)C. The second-order valence-electron chi connectivity index (χ2n) is 6.45. The molecule has 1 aromatic carbocycles. The van der Waals surface area contributed by atoms with Crippen LogP contribution in [0.25, 0.3) is 5.57 Å². The van der Waals surface area contributed by atoms with Crippen molar-refractivity contribution in [2.45, 2.75) is 38.1 Å². The smallest absolute Gasteiger partial charge is 0.175 e. The molecule has 0 fully saturated rings. The maximum absolute atomic E-state index is 12.2. The lowest BCUT2D eigenvalue weighted by atomic mass is 9.94. The van der Waals surface area contributed by atoms with Crippen molar-refractivity contribution >= 4 is 26.9 Å². The molecule has 1 aromatic rings. The van der Waals surface area contributed by atoms with Gasteiger partial charge in [0, 0.05) is 30.5 Å². The first-order valence-corrected chi connectivity index (χ1v) is 9.91. The molecule has 0 spiro atoms. The van der Waals surface area contributed by atoms with E-state index >= 15 is 0 Å². The second-order valence-corrected chi connectivity index (χ2v) is 8.47. The number of Topliss-reactive ketones (excluding diaryl/α,β-unsaturated/α-hetero) is 1. The Morgan fingerprint density at radius 1 is 1.29 bits per heavy atom. The highest BCUT2D eigenvalue weighted by molar-refractivity contribution is 7.90. The van der Waals surface area contributed by atoms with Gasteiger partial charge in [-0.15, -0.1) is 0 Å². The molecule has 1 aliphatic heterocycles. The molecule has 2 rings (SSSR count). The first-order valence-electron chi connectivity index (χ1n) is 8.02. The van der Waals surface area contributed by atoms with Gasteiger partial charge in [-0.25, -0.2) is 8.42 Å². The third-order valence-electron chi connectivity index (χ3n) is 4.33. The Balaban J connectivity index is 2.83. The highest BCUT2D eigenvalue weighted by Gasteiger charge is 2.24. The first-order chi connectivity index (χ1) is 11.1. The Labute approximate surface area is 144 Å². The Morgan fingerprint density at radius 3 is 2.42 bits per heavy atom. The van der Waals surface area contributed by atoms with Crippen molar-refractivity contribution in [3.8, 4) is 0 Å². The molecule has 0 aliphatic carbocycles. The fraction of sp³-hybridized carbons (Fsp3) is 0.500. The van der Waals surface area contributed by atoms with Crippen LogP contribution in [0.5, 0.6) is 0 Å². The Morgan fingerprint density at radius 2 is 1.96 bits per heavy atom. The zero-order chi connectivity index (χ0) is 18.1. The molecule has 24 heavy (non-hydrogen) atoms. The van der Waals surface area contributed by atoms with Crippen molar-refractivity contribution in [3.05, 3.63) is 29.3 Å². The zero-order valence-electron chi connectivity index (χ0n) is 14.9. The molecule has 0 atom stereocenters. The predicted molar refractivity (Wildman–Crippen MR) is 96.5 cm³/mol. The van der Waals surface area contributed by atoms with Crippen LogP contribution in [0.3, 0.4) is 0 Å². The minimum Gasteiger partial charge on any atom is -0.377 e. The summed E-state index contributed by atoms with van der Waals surface area (Å²) in [4.78, 5) is 14.4. The molecule has 0 unspecified atom stereocenters. The summed E-state index contributed by atoms with van der Waals surface area (Å²) in [6.45, 7) is 6.64. The van der Waals surface area contributed by atoms with E-state index in [4.69, 9.17) is 4.74 Å². The standard InChI is InChI=1S/C18H25NO4S/c1-12(2)19(4)18-16(13(3)20)10-15(24(5,21)22)11-17(18)14-6-8-23-9-7-14/h6,10-12H,7-9H2,1-5H3. The predicted octanol–water partition coefficient (Wildman–Crippen LogP) is 2.94. The van der Waals surface area contributed by atoms with Crippen molar-refractivity contribution in [3.63, 3.8) is 0 Å². The molecule has 0 saturated carbocycles. The van der Waals surface area contributed by atoms with Gasteiger partial charge in [-0.3, -0.25) is 4.79 Å². The van der Waals surface area contributed by atoms with E-state index in [2.05, 4.69) is 0 Å². The quantitative estimate of drug-likeness (QED) is 0.763. The van der Waals surface area contributed by atoms with Gasteiger partial charge in [-0.1, -0.05) is 6.08 Å². The fourth-order valence-corrected chi connectivity index (χ4v) is 3.41. The van der Waals surface area contributed by atoms with Gasteiger partial charge in [-0.05, 0) is 44.9 Å². The molecule has 1 heterocycles. The maximum Gasteiger partial charge on any atom is 0.175 e. The van der Waals surface area contributed by atoms with E-state index in [0.717, 1.165) is 16.8 Å². The van der Waals surface area contributed by atoms with E-state index in [1.165, 1.54) is 19.2 Å². The van der Waals surface area contributed by atoms with Gasteiger partial charge < -0.3 is 9.64 Å². The summed E-state index contributed by atoms with van der Waals surface area (Å²) in [5.41, 5.74) is 3.06. The van der Waals surface area contributed by atoms with E-state index in [1.54, 1.807) is 6.07 Å². The maximum atomic E-state index is 12.2. The van der Waals surface area contributed by atoms with Gasteiger partial charge in [-0.2, -0.15) is 0 Å². The summed E-state index contributed by atoms with van der Waals surface area (Å²) < 4.78 is 29.5. The Hall–Kier alpha value is -1.66. The number of anilines is 1. The van der Waals surface area contributed by atoms with E-state index < -0.39 is 9.84 Å². The minimum absolute atomic E-state index is 0.142. The molecule has 0 aromatic heterocycles. The van der Waals surface area contributed by atoms with Gasteiger partial charge in [0.05, 0.1) is 23.8 Å². The lowest BCUT2D eigenvalue weighted by Crippen LogP contribution is -2.29. The number of benzene rings is 1. The number of ketones is 1. The summed E-state index contributed by atoms with van der Waals surface area (Å²) in [5.74, 6) is -0.142. The molecular formula is C18H25NO4S. The number of hydrogen-bond donors (Lipinski definition) is 0. The van der Waals surface area contributed by atoms with Crippen LogP contribution in [0, 0.1) is 0 Å². The van der Waals surface area contributed by atoms with Gasteiger partial charge >= 0.3 is 0 Å². The molecule has 5 nitrogen and oxygen atoms in total. The normalized spacial score (nSPS) is 15.3. The van der Waals surface area contributed by atoms with E-state index in [1.807, 2.05) is 31.9 Å². The summed E-state index contributed by atoms with van der Waals surface area (Å²) in [6.07, 6.45) is 3.83. The number of sulfone groups is 1. The van der Waals surface area contributed by atoms with Crippen LogP contribution in [-0.4, -0.2) is 46.8 Å². The molecule has 0 N–H and O–H groups in total. The highest BCUT2D eigenvalue weighted by atomic mass is 32.2. The van der Waals surface area contributed by atoms with Crippen LogP contribution in [-0.2, 0) is 14.6 Å². The Kier molecular flexibility index (Phi) is 5.50. The summed E-state index contributed by atoms with van der Waals surface area (Å²) in [7, 11) is -1.49. The molecule has 132 valence electrons. The molecule has 6 heteroatoms. The number of carbonyl (C=O) groups is 1. The largest absolute Gasteiger partial charge is 0.377 e. The van der Waals surface area contributed by atoms with Crippen LogP contribution in [0.15, 0.2) is 23.1 Å². The third-order valence-corrected chi connectivity index (χ3v) is 5.42. The van der Waals surface area contributed by atoms with E-state index in [9.17, 15) is 13.2 Å². The van der Waals surface area contributed by atoms with Gasteiger partial charge in [0.15, 0.2) is 15.6 Å². The van der Waals surface area contributed by atoms with Gasteiger partial charge in [0.25, 0.3) is 0 Å². The average molecular weight is 351 g/mol. The minimum atomic E-state index is -3.41. The van der Waals surface area contributed by atoms with Crippen LogP contribution in [0.2, 0.25) is 0 Å². The summed E-state index contributed by atoms with van der Waals surface area (Å²) >= 11 is 0. The molecule has 0 radical (unpaired) electrons. The molecular weight excluding hydrogens is 326 g/mol. The number of rotatable bonds is 5. The number of ether oxygens (including phenoxy) is 1. The molecule has 0 bridgehead atoms. The first kappa shape index (κ1) is 18.7. The lowest BCUT2D eigenvalue weighted by Gasteiger charge is -2.30. The van der Waals surface area contributed by atoms with Gasteiger partial charge in [0.2, 0.25) is 0 Å². The van der Waals surface area contributed by atoms with Crippen molar-refractivity contribution in [1.82, 2.24) is 0 Å². The van der Waals surface area contributed by atoms with Crippen LogP contribution in [0.4, 0.5) is 5.69 Å². The highest BCUT2D eigenvalue weighted by Crippen LogP contribution is 2.36. The average Bonchev–Trinajstić information content (AvgIpc) is 2.52. The third kappa shape index (κ3) is 3.87. The van der Waals surface area contributed by atoms with Crippen molar-refractivity contribution < 1.29 is 17.9 Å². The zero-order valence-corrected chi connectivity index (χ0v) is 15.7.